The van der Waals surface area contributed by atoms with Crippen molar-refractivity contribution in [1.29, 1.82) is 0 Å². The summed E-state index contributed by atoms with van der Waals surface area (Å²) in [6, 6.07) is 9.16. The van der Waals surface area contributed by atoms with Gasteiger partial charge in [-0.05, 0) is 29.8 Å². The summed E-state index contributed by atoms with van der Waals surface area (Å²) in [5, 5.41) is 15.4. The first-order valence-corrected chi connectivity index (χ1v) is 7.40. The number of nitrogens with zero attached hydrogens (tertiary/aromatic N) is 2. The first-order chi connectivity index (χ1) is 9.86. The third kappa shape index (κ3) is 3.97. The summed E-state index contributed by atoms with van der Waals surface area (Å²) in [7, 11) is -3.69. The highest BCUT2D eigenvalue weighted by Gasteiger charge is 2.07. The Bertz CT molecular complexity index is 741. The van der Waals surface area contributed by atoms with Gasteiger partial charge in [-0.2, -0.15) is 0 Å². The fraction of sp³-hybridized carbons (Fsp3) is 0.0833. The second-order valence-electron chi connectivity index (χ2n) is 4.21. The molecule has 110 valence electrons. The maximum absolute atomic E-state index is 11.1. The molecular weight excluding hydrogens is 294 g/mol. The van der Waals surface area contributed by atoms with Gasteiger partial charge < -0.3 is 11.1 Å². The van der Waals surface area contributed by atoms with Gasteiger partial charge in [0.15, 0.2) is 5.69 Å². The van der Waals surface area contributed by atoms with E-state index >= 15 is 0 Å². The topological polar surface area (TPSA) is 141 Å². The van der Waals surface area contributed by atoms with Crippen LogP contribution in [0.15, 0.2) is 41.3 Å². The molecule has 0 aliphatic rings. The SMILES string of the molecule is NC(=O)c1ccc(NCc2ccc(S(N)(=O)=O)cc2)nn1. The molecule has 5 N–H and O–H groups in total. The van der Waals surface area contributed by atoms with E-state index in [9.17, 15) is 13.2 Å². The van der Waals surface area contributed by atoms with Crippen LogP contribution >= 0.6 is 0 Å². The van der Waals surface area contributed by atoms with E-state index in [0.717, 1.165) is 5.56 Å². The Kier molecular flexibility index (Phi) is 4.15. The van der Waals surface area contributed by atoms with Crippen LogP contribution in [0.4, 0.5) is 5.82 Å². The molecule has 0 fully saturated rings. The predicted octanol–water partition coefficient (Wildman–Crippen LogP) is -0.165. The van der Waals surface area contributed by atoms with Gasteiger partial charge in [0.2, 0.25) is 10.0 Å². The fourth-order valence-corrected chi connectivity index (χ4v) is 2.06. The number of hydrogen-bond donors (Lipinski definition) is 3. The number of nitrogens with one attached hydrogen (secondary N) is 1. The van der Waals surface area contributed by atoms with E-state index in [1.807, 2.05) is 0 Å². The Morgan fingerprint density at radius 2 is 1.76 bits per heavy atom. The lowest BCUT2D eigenvalue weighted by Gasteiger charge is -2.06. The van der Waals surface area contributed by atoms with E-state index < -0.39 is 15.9 Å². The number of benzene rings is 1. The first kappa shape index (κ1) is 14.9. The normalized spacial score (nSPS) is 11.1. The minimum Gasteiger partial charge on any atom is -0.365 e. The molecule has 21 heavy (non-hydrogen) atoms. The number of rotatable bonds is 5. The lowest BCUT2D eigenvalue weighted by atomic mass is 10.2. The zero-order valence-electron chi connectivity index (χ0n) is 10.9. The van der Waals surface area contributed by atoms with Crippen LogP contribution in [0.25, 0.3) is 0 Å². The standard InChI is InChI=1S/C12H13N5O3S/c13-12(18)10-5-6-11(17-16-10)15-7-8-1-3-9(4-2-8)21(14,19)20/h1-6H,7H2,(H2,13,18)(H,15,17)(H2,14,19,20). The number of sulfonamides is 1. The van der Waals surface area contributed by atoms with Crippen LogP contribution in [0.1, 0.15) is 16.1 Å². The Hall–Kier alpha value is -2.52. The molecule has 8 nitrogen and oxygen atoms in total. The smallest absolute Gasteiger partial charge is 0.269 e. The van der Waals surface area contributed by atoms with Crippen molar-refractivity contribution >= 4 is 21.7 Å². The molecule has 0 aliphatic carbocycles. The summed E-state index contributed by atoms with van der Waals surface area (Å²) in [5.74, 6) is -0.178. The maximum Gasteiger partial charge on any atom is 0.269 e. The van der Waals surface area contributed by atoms with Crippen molar-refractivity contribution in [3.63, 3.8) is 0 Å². The maximum atomic E-state index is 11.1. The Morgan fingerprint density at radius 1 is 1.10 bits per heavy atom. The number of amides is 1. The lowest BCUT2D eigenvalue weighted by Crippen LogP contribution is -2.14. The molecule has 0 bridgehead atoms. The van der Waals surface area contributed by atoms with E-state index in [2.05, 4.69) is 15.5 Å². The molecule has 1 aromatic carbocycles. The van der Waals surface area contributed by atoms with Gasteiger partial charge >= 0.3 is 0 Å². The summed E-state index contributed by atoms with van der Waals surface area (Å²) in [5.41, 5.74) is 5.97. The van der Waals surface area contributed by atoms with Gasteiger partial charge in [0.05, 0.1) is 4.90 Å². The fourth-order valence-electron chi connectivity index (χ4n) is 1.55. The summed E-state index contributed by atoms with van der Waals surface area (Å²) < 4.78 is 22.2. The van der Waals surface area contributed by atoms with Gasteiger partial charge in [-0.15, -0.1) is 10.2 Å². The second-order valence-corrected chi connectivity index (χ2v) is 5.77. The molecule has 0 aliphatic heterocycles. The van der Waals surface area contributed by atoms with Crippen LogP contribution in [0.2, 0.25) is 0 Å². The minimum absolute atomic E-state index is 0.0526. The van der Waals surface area contributed by atoms with Gasteiger partial charge in [-0.3, -0.25) is 4.79 Å². The van der Waals surface area contributed by atoms with Crippen LogP contribution in [-0.4, -0.2) is 24.5 Å². The van der Waals surface area contributed by atoms with Crippen molar-refractivity contribution in [3.8, 4) is 0 Å². The van der Waals surface area contributed by atoms with Crippen LogP contribution in [0, 0.1) is 0 Å². The summed E-state index contributed by atoms with van der Waals surface area (Å²) in [6.07, 6.45) is 0. The molecule has 1 aromatic heterocycles. The molecule has 0 radical (unpaired) electrons. The molecule has 0 saturated heterocycles. The Labute approximate surface area is 121 Å². The van der Waals surface area contributed by atoms with Crippen LogP contribution in [0.3, 0.4) is 0 Å². The summed E-state index contributed by atoms with van der Waals surface area (Å²) in [4.78, 5) is 10.9. The van der Waals surface area contributed by atoms with Crippen molar-refractivity contribution in [3.05, 3.63) is 47.7 Å². The van der Waals surface area contributed by atoms with Gasteiger partial charge in [-0.25, -0.2) is 13.6 Å². The first-order valence-electron chi connectivity index (χ1n) is 5.85. The number of aromatic nitrogens is 2. The highest BCUT2D eigenvalue weighted by molar-refractivity contribution is 7.89. The molecule has 0 spiro atoms. The molecule has 0 saturated carbocycles. The number of nitrogens with two attached hydrogens (primary N) is 2. The lowest BCUT2D eigenvalue weighted by molar-refractivity contribution is 0.0994. The van der Waals surface area contributed by atoms with Crippen molar-refractivity contribution in [1.82, 2.24) is 10.2 Å². The highest BCUT2D eigenvalue weighted by atomic mass is 32.2. The molecule has 0 unspecified atom stereocenters. The number of hydrogen-bond acceptors (Lipinski definition) is 6. The van der Waals surface area contributed by atoms with E-state index in [1.54, 1.807) is 18.2 Å². The van der Waals surface area contributed by atoms with Crippen molar-refractivity contribution in [2.45, 2.75) is 11.4 Å². The zero-order chi connectivity index (χ0) is 15.5. The average molecular weight is 307 g/mol. The third-order valence-corrected chi connectivity index (χ3v) is 3.57. The van der Waals surface area contributed by atoms with E-state index in [0.29, 0.717) is 12.4 Å². The van der Waals surface area contributed by atoms with E-state index in [-0.39, 0.29) is 10.6 Å². The molecule has 1 amide bonds. The minimum atomic E-state index is -3.69. The van der Waals surface area contributed by atoms with Crippen LogP contribution in [-0.2, 0) is 16.6 Å². The van der Waals surface area contributed by atoms with Crippen molar-refractivity contribution in [2.24, 2.45) is 10.9 Å². The van der Waals surface area contributed by atoms with Crippen LogP contribution < -0.4 is 16.2 Å². The van der Waals surface area contributed by atoms with Gasteiger partial charge in [-0.1, -0.05) is 12.1 Å². The summed E-state index contributed by atoms with van der Waals surface area (Å²) >= 11 is 0. The number of anilines is 1. The van der Waals surface area contributed by atoms with Crippen LogP contribution in [0.5, 0.6) is 0 Å². The monoisotopic (exact) mass is 307 g/mol. The number of carbonyl (C=O) groups is 1. The van der Waals surface area contributed by atoms with Gasteiger partial charge in [0.25, 0.3) is 5.91 Å². The predicted molar refractivity (Wildman–Crippen MR) is 75.7 cm³/mol. The molecule has 9 heteroatoms. The molecule has 2 aromatic rings. The third-order valence-electron chi connectivity index (χ3n) is 2.64. The number of carbonyl (C=O) groups excluding carboxylic acids is 1. The molecular formula is C12H13N5O3S. The highest BCUT2D eigenvalue weighted by Crippen LogP contribution is 2.10. The van der Waals surface area contributed by atoms with E-state index in [1.165, 1.54) is 18.2 Å². The molecule has 2 rings (SSSR count). The largest absolute Gasteiger partial charge is 0.365 e. The number of primary sulfonamides is 1. The van der Waals surface area contributed by atoms with Gasteiger partial charge in [0.1, 0.15) is 5.82 Å². The number of primary amides is 1. The quantitative estimate of drug-likeness (QED) is 0.700. The van der Waals surface area contributed by atoms with Crippen molar-refractivity contribution < 1.29 is 13.2 Å². The Morgan fingerprint density at radius 3 is 2.24 bits per heavy atom. The molecule has 0 atom stereocenters. The van der Waals surface area contributed by atoms with Gasteiger partial charge in [0, 0.05) is 6.54 Å². The molecule has 1 heterocycles. The summed E-state index contributed by atoms with van der Waals surface area (Å²) in [6.45, 7) is 0.412. The second kappa shape index (κ2) is 5.85. The Balaban J connectivity index is 2.01. The zero-order valence-corrected chi connectivity index (χ0v) is 11.7. The van der Waals surface area contributed by atoms with Crippen molar-refractivity contribution in [2.75, 3.05) is 5.32 Å². The average Bonchev–Trinajstić information content (AvgIpc) is 2.45. The van der Waals surface area contributed by atoms with E-state index in [4.69, 9.17) is 10.9 Å².